The van der Waals surface area contributed by atoms with Crippen LogP contribution in [0.15, 0.2) is 0 Å². The van der Waals surface area contributed by atoms with E-state index in [-0.39, 0.29) is 18.1 Å². The first-order valence-electron chi connectivity index (χ1n) is 4.99. The van der Waals surface area contributed by atoms with Gasteiger partial charge in [0.05, 0.1) is 6.61 Å². The van der Waals surface area contributed by atoms with E-state index < -0.39 is 0 Å². The van der Waals surface area contributed by atoms with Crippen molar-refractivity contribution in [3.05, 3.63) is 0 Å². The predicted molar refractivity (Wildman–Crippen MR) is 57.1 cm³/mol. The first-order valence-corrected chi connectivity index (χ1v) is 4.99. The topological polar surface area (TPSA) is 78.0 Å². The van der Waals surface area contributed by atoms with Gasteiger partial charge in [0.2, 0.25) is 0 Å². The number of hydrogen-bond acceptors (Lipinski definition) is 3. The van der Waals surface area contributed by atoms with Crippen molar-refractivity contribution in [2.24, 2.45) is 0 Å². The highest BCUT2D eigenvalue weighted by molar-refractivity contribution is 5.69. The number of esters is 1. The van der Waals surface area contributed by atoms with Crippen LogP contribution >= 0.6 is 0 Å². The van der Waals surface area contributed by atoms with Crippen LogP contribution in [0.3, 0.4) is 0 Å². The van der Waals surface area contributed by atoms with Crippen molar-refractivity contribution in [3.63, 3.8) is 0 Å². The smallest absolute Gasteiger partial charge is 0.305 e. The van der Waals surface area contributed by atoms with E-state index in [1.807, 2.05) is 6.92 Å². The summed E-state index contributed by atoms with van der Waals surface area (Å²) in [6.07, 6.45) is 3.83. The van der Waals surface area contributed by atoms with Gasteiger partial charge >= 0.3 is 5.97 Å². The summed E-state index contributed by atoms with van der Waals surface area (Å²) in [4.78, 5) is 10.7. The SMILES string of the molecule is CCCCCC(=O)OCC.CCO.O. The van der Waals surface area contributed by atoms with Crippen molar-refractivity contribution in [3.8, 4) is 0 Å². The minimum absolute atomic E-state index is 0. The third kappa shape index (κ3) is 22.5. The van der Waals surface area contributed by atoms with Crippen molar-refractivity contribution in [2.75, 3.05) is 13.2 Å². The summed E-state index contributed by atoms with van der Waals surface area (Å²) >= 11 is 0. The van der Waals surface area contributed by atoms with Gasteiger partial charge in [-0.3, -0.25) is 4.79 Å². The number of hydrogen-bond donors (Lipinski definition) is 1. The molecule has 4 heteroatoms. The summed E-state index contributed by atoms with van der Waals surface area (Å²) in [6, 6.07) is 0. The zero-order valence-electron chi connectivity index (χ0n) is 9.51. The average Bonchev–Trinajstić information content (AvgIpc) is 2.07. The van der Waals surface area contributed by atoms with E-state index in [0.717, 1.165) is 19.3 Å². The van der Waals surface area contributed by atoms with E-state index >= 15 is 0 Å². The summed E-state index contributed by atoms with van der Waals surface area (Å²) < 4.78 is 4.75. The average molecular weight is 208 g/mol. The summed E-state index contributed by atoms with van der Waals surface area (Å²) in [5.41, 5.74) is 0. The van der Waals surface area contributed by atoms with Crippen LogP contribution in [0.5, 0.6) is 0 Å². The second kappa shape index (κ2) is 18.2. The molecule has 4 nitrogen and oxygen atoms in total. The van der Waals surface area contributed by atoms with Gasteiger partial charge in [-0.1, -0.05) is 19.8 Å². The zero-order chi connectivity index (χ0) is 10.5. The Morgan fingerprint density at radius 1 is 1.21 bits per heavy atom. The fraction of sp³-hybridized carbons (Fsp3) is 0.900. The number of unbranched alkanes of at least 4 members (excludes halogenated alkanes) is 2. The molecule has 14 heavy (non-hydrogen) atoms. The van der Waals surface area contributed by atoms with Crippen LogP contribution in [0.25, 0.3) is 0 Å². The van der Waals surface area contributed by atoms with Gasteiger partial charge in [0.25, 0.3) is 0 Å². The largest absolute Gasteiger partial charge is 0.466 e. The molecule has 0 rings (SSSR count). The second-order valence-electron chi connectivity index (χ2n) is 2.58. The monoisotopic (exact) mass is 208 g/mol. The molecule has 0 amide bonds. The lowest BCUT2D eigenvalue weighted by molar-refractivity contribution is -0.143. The molecule has 3 N–H and O–H groups in total. The van der Waals surface area contributed by atoms with Crippen molar-refractivity contribution in [2.45, 2.75) is 46.5 Å². The molecular weight excluding hydrogens is 184 g/mol. The lowest BCUT2D eigenvalue weighted by Crippen LogP contribution is -2.02. The predicted octanol–water partition coefficient (Wildman–Crippen LogP) is 1.30. The van der Waals surface area contributed by atoms with E-state index in [0.29, 0.717) is 13.0 Å². The molecule has 0 aromatic rings. The van der Waals surface area contributed by atoms with Crippen LogP contribution in [0.4, 0.5) is 0 Å². The minimum Gasteiger partial charge on any atom is -0.466 e. The van der Waals surface area contributed by atoms with E-state index in [9.17, 15) is 4.79 Å². The zero-order valence-corrected chi connectivity index (χ0v) is 9.51. The van der Waals surface area contributed by atoms with Gasteiger partial charge < -0.3 is 15.3 Å². The van der Waals surface area contributed by atoms with Gasteiger partial charge in [-0.2, -0.15) is 0 Å². The van der Waals surface area contributed by atoms with Gasteiger partial charge in [0.1, 0.15) is 0 Å². The van der Waals surface area contributed by atoms with Crippen molar-refractivity contribution in [1.82, 2.24) is 0 Å². The van der Waals surface area contributed by atoms with Crippen LogP contribution in [-0.4, -0.2) is 29.8 Å². The molecule has 0 saturated heterocycles. The maximum Gasteiger partial charge on any atom is 0.305 e. The summed E-state index contributed by atoms with van der Waals surface area (Å²) in [5, 5.41) is 7.57. The Kier molecular flexibility index (Phi) is 24.8. The Bertz CT molecular complexity index is 104. The van der Waals surface area contributed by atoms with E-state index in [1.165, 1.54) is 0 Å². The Hall–Kier alpha value is -0.610. The molecule has 0 fully saturated rings. The molecule has 0 bridgehead atoms. The molecule has 0 aromatic heterocycles. The fourth-order valence-electron chi connectivity index (χ4n) is 0.752. The maximum atomic E-state index is 10.7. The highest BCUT2D eigenvalue weighted by atomic mass is 16.5. The quantitative estimate of drug-likeness (QED) is 0.546. The highest BCUT2D eigenvalue weighted by Crippen LogP contribution is 1.99. The third-order valence-corrected chi connectivity index (χ3v) is 1.29. The first kappa shape index (κ1) is 19.0. The minimum atomic E-state index is -0.0593. The summed E-state index contributed by atoms with van der Waals surface area (Å²) in [7, 11) is 0. The van der Waals surface area contributed by atoms with Crippen molar-refractivity contribution >= 4 is 5.97 Å². The molecule has 0 aliphatic carbocycles. The van der Waals surface area contributed by atoms with E-state index in [1.54, 1.807) is 6.92 Å². The molecular formula is C10H24O4. The number of aliphatic hydroxyl groups is 1. The molecule has 88 valence electrons. The number of carbonyl (C=O) groups is 1. The molecule has 0 heterocycles. The highest BCUT2D eigenvalue weighted by Gasteiger charge is 1.98. The molecule has 0 aliphatic heterocycles. The van der Waals surface area contributed by atoms with Crippen LogP contribution in [-0.2, 0) is 9.53 Å². The van der Waals surface area contributed by atoms with Crippen LogP contribution in [0, 0.1) is 0 Å². The summed E-state index contributed by atoms with van der Waals surface area (Å²) in [5.74, 6) is -0.0593. The number of carbonyl (C=O) groups excluding carboxylic acids is 1. The van der Waals surface area contributed by atoms with Gasteiger partial charge in [-0.15, -0.1) is 0 Å². The van der Waals surface area contributed by atoms with Gasteiger partial charge in [-0.05, 0) is 20.3 Å². The van der Waals surface area contributed by atoms with Gasteiger partial charge in [-0.25, -0.2) is 0 Å². The Morgan fingerprint density at radius 2 is 1.71 bits per heavy atom. The molecule has 0 radical (unpaired) electrons. The lowest BCUT2D eigenvalue weighted by Gasteiger charge is -1.99. The normalized spacial score (nSPS) is 8.00. The number of ether oxygens (including phenoxy) is 1. The Balaban J connectivity index is -0.000000267. The molecule has 0 saturated carbocycles. The Morgan fingerprint density at radius 3 is 2.07 bits per heavy atom. The molecule has 0 spiro atoms. The second-order valence-corrected chi connectivity index (χ2v) is 2.58. The maximum absolute atomic E-state index is 10.7. The first-order chi connectivity index (χ1) is 6.22. The van der Waals surface area contributed by atoms with Crippen LogP contribution < -0.4 is 0 Å². The van der Waals surface area contributed by atoms with Gasteiger partial charge in [0, 0.05) is 13.0 Å². The Labute approximate surface area is 86.6 Å². The van der Waals surface area contributed by atoms with Crippen LogP contribution in [0.2, 0.25) is 0 Å². The lowest BCUT2D eigenvalue weighted by atomic mass is 10.2. The molecule has 0 atom stereocenters. The molecule has 0 aromatic carbocycles. The fourth-order valence-corrected chi connectivity index (χ4v) is 0.752. The van der Waals surface area contributed by atoms with E-state index in [4.69, 9.17) is 9.84 Å². The molecule has 0 unspecified atom stereocenters. The third-order valence-electron chi connectivity index (χ3n) is 1.29. The standard InChI is InChI=1S/C8H16O2.C2H6O.H2O/c1-3-5-6-7-8(9)10-4-2;1-2-3;/h3-7H2,1-2H3;3H,2H2,1H3;1H2. The van der Waals surface area contributed by atoms with Crippen LogP contribution in [0.1, 0.15) is 46.5 Å². The van der Waals surface area contributed by atoms with Crippen molar-refractivity contribution in [1.29, 1.82) is 0 Å². The van der Waals surface area contributed by atoms with Crippen molar-refractivity contribution < 1.29 is 20.1 Å². The van der Waals surface area contributed by atoms with E-state index in [2.05, 4.69) is 6.92 Å². The van der Waals surface area contributed by atoms with Gasteiger partial charge in [0.15, 0.2) is 0 Å². The number of rotatable bonds is 5. The summed E-state index contributed by atoms with van der Waals surface area (Å²) in [6.45, 7) is 6.38. The number of aliphatic hydroxyl groups excluding tert-OH is 1. The molecule has 0 aliphatic rings.